The smallest absolute Gasteiger partial charge is 0.228 e. The van der Waals surface area contributed by atoms with Gasteiger partial charge in [-0.1, -0.05) is 5.16 Å². The SMILES string of the molecule is Cc1cc(NC(=O)C2CCN(c3ccc(C#N)cc3F)CC2)no1. The molecule has 1 aromatic heterocycles. The van der Waals surface area contributed by atoms with E-state index in [9.17, 15) is 9.18 Å². The summed E-state index contributed by atoms with van der Waals surface area (Å²) in [7, 11) is 0. The predicted molar refractivity (Wildman–Crippen MR) is 85.9 cm³/mol. The van der Waals surface area contributed by atoms with E-state index in [2.05, 4.69) is 10.5 Å². The Kier molecular flexibility index (Phi) is 4.47. The highest BCUT2D eigenvalue weighted by Gasteiger charge is 2.26. The van der Waals surface area contributed by atoms with Gasteiger partial charge in [-0.25, -0.2) is 4.39 Å². The number of carbonyl (C=O) groups excluding carboxylic acids is 1. The van der Waals surface area contributed by atoms with Crippen LogP contribution < -0.4 is 10.2 Å². The van der Waals surface area contributed by atoms with Crippen molar-refractivity contribution in [1.82, 2.24) is 5.16 Å². The van der Waals surface area contributed by atoms with Crippen LogP contribution in [0.2, 0.25) is 0 Å². The van der Waals surface area contributed by atoms with Crippen molar-refractivity contribution in [1.29, 1.82) is 5.26 Å². The van der Waals surface area contributed by atoms with E-state index in [-0.39, 0.29) is 11.8 Å². The molecule has 1 aromatic carbocycles. The van der Waals surface area contributed by atoms with Crippen molar-refractivity contribution in [2.75, 3.05) is 23.3 Å². The largest absolute Gasteiger partial charge is 0.369 e. The predicted octanol–water partition coefficient (Wildman–Crippen LogP) is 2.85. The zero-order chi connectivity index (χ0) is 17.1. The van der Waals surface area contributed by atoms with Crippen molar-refractivity contribution in [3.05, 3.63) is 41.4 Å². The molecule has 1 aliphatic rings. The second-order valence-electron chi connectivity index (χ2n) is 5.85. The summed E-state index contributed by atoms with van der Waals surface area (Å²) in [5.74, 6) is 0.410. The Morgan fingerprint density at radius 3 is 2.75 bits per heavy atom. The summed E-state index contributed by atoms with van der Waals surface area (Å²) in [5, 5.41) is 15.3. The number of aromatic nitrogens is 1. The van der Waals surface area contributed by atoms with Crippen LogP contribution in [0, 0.1) is 30.0 Å². The van der Waals surface area contributed by atoms with Crippen LogP contribution in [-0.4, -0.2) is 24.2 Å². The molecule has 0 bridgehead atoms. The van der Waals surface area contributed by atoms with E-state index in [0.29, 0.717) is 48.8 Å². The van der Waals surface area contributed by atoms with Crippen LogP contribution in [0.1, 0.15) is 24.2 Å². The zero-order valence-electron chi connectivity index (χ0n) is 13.3. The molecule has 1 fully saturated rings. The minimum atomic E-state index is -0.407. The number of piperidine rings is 1. The third kappa shape index (κ3) is 3.38. The maximum atomic E-state index is 14.1. The number of nitrogens with zero attached hydrogens (tertiary/aromatic N) is 3. The number of halogens is 1. The first-order valence-corrected chi connectivity index (χ1v) is 7.75. The van der Waals surface area contributed by atoms with Crippen molar-refractivity contribution in [2.45, 2.75) is 19.8 Å². The van der Waals surface area contributed by atoms with E-state index in [1.54, 1.807) is 25.1 Å². The second kappa shape index (κ2) is 6.71. The second-order valence-corrected chi connectivity index (χ2v) is 5.85. The molecule has 3 rings (SSSR count). The van der Waals surface area contributed by atoms with Crippen molar-refractivity contribution >= 4 is 17.4 Å². The van der Waals surface area contributed by atoms with E-state index in [4.69, 9.17) is 9.78 Å². The molecule has 1 aliphatic heterocycles. The summed E-state index contributed by atoms with van der Waals surface area (Å²) in [6.45, 7) is 2.92. The van der Waals surface area contributed by atoms with Crippen LogP contribution in [0.25, 0.3) is 0 Å². The number of amides is 1. The zero-order valence-corrected chi connectivity index (χ0v) is 13.3. The van der Waals surface area contributed by atoms with E-state index in [1.807, 2.05) is 11.0 Å². The van der Waals surface area contributed by atoms with Gasteiger partial charge in [0.25, 0.3) is 0 Å². The Labute approximate surface area is 138 Å². The molecule has 124 valence electrons. The lowest BCUT2D eigenvalue weighted by molar-refractivity contribution is -0.120. The average Bonchev–Trinajstić information content (AvgIpc) is 2.99. The number of aryl methyl sites for hydroxylation is 1. The quantitative estimate of drug-likeness (QED) is 0.937. The van der Waals surface area contributed by atoms with Crippen molar-refractivity contribution in [3.63, 3.8) is 0 Å². The molecular formula is C17H17FN4O2. The highest BCUT2D eigenvalue weighted by atomic mass is 19.1. The van der Waals surface area contributed by atoms with Gasteiger partial charge in [0.1, 0.15) is 11.6 Å². The van der Waals surface area contributed by atoms with Gasteiger partial charge in [0, 0.05) is 25.1 Å². The Bertz CT molecular complexity index is 788. The Balaban J connectivity index is 1.59. The molecule has 2 heterocycles. The maximum absolute atomic E-state index is 14.1. The maximum Gasteiger partial charge on any atom is 0.228 e. The summed E-state index contributed by atoms with van der Waals surface area (Å²) in [4.78, 5) is 14.2. The summed E-state index contributed by atoms with van der Waals surface area (Å²) < 4.78 is 19.0. The first-order valence-electron chi connectivity index (χ1n) is 7.75. The number of hydrogen-bond acceptors (Lipinski definition) is 5. The molecule has 0 aliphatic carbocycles. The van der Waals surface area contributed by atoms with Gasteiger partial charge >= 0.3 is 0 Å². The van der Waals surface area contributed by atoms with E-state index in [1.165, 1.54) is 6.07 Å². The third-order valence-electron chi connectivity index (χ3n) is 4.16. The first-order chi connectivity index (χ1) is 11.6. The lowest BCUT2D eigenvalue weighted by Crippen LogP contribution is -2.38. The lowest BCUT2D eigenvalue weighted by atomic mass is 9.95. The standard InChI is InChI=1S/C17H17FN4O2/c1-11-8-16(21-24-11)20-17(23)13-4-6-22(7-5-13)15-3-2-12(10-19)9-14(15)18/h2-3,8-9,13H,4-7H2,1H3,(H,20,21,23). The Morgan fingerprint density at radius 2 is 2.17 bits per heavy atom. The number of nitriles is 1. The van der Waals surface area contributed by atoms with Crippen molar-refractivity contribution in [2.24, 2.45) is 5.92 Å². The highest BCUT2D eigenvalue weighted by Crippen LogP contribution is 2.27. The molecular weight excluding hydrogens is 311 g/mol. The minimum absolute atomic E-state index is 0.0942. The molecule has 7 heteroatoms. The van der Waals surface area contributed by atoms with Gasteiger partial charge in [-0.05, 0) is 38.0 Å². The number of anilines is 2. The molecule has 24 heavy (non-hydrogen) atoms. The van der Waals surface area contributed by atoms with Crippen molar-refractivity contribution < 1.29 is 13.7 Å². The molecule has 1 amide bonds. The normalized spacial score (nSPS) is 15.1. The van der Waals surface area contributed by atoms with Gasteiger partial charge in [0.2, 0.25) is 5.91 Å². The van der Waals surface area contributed by atoms with Gasteiger partial charge in [-0.15, -0.1) is 0 Å². The van der Waals surface area contributed by atoms with E-state index < -0.39 is 5.82 Å². The Morgan fingerprint density at radius 1 is 1.42 bits per heavy atom. The van der Waals surface area contributed by atoms with Crippen LogP contribution >= 0.6 is 0 Å². The van der Waals surface area contributed by atoms with Crippen LogP contribution in [0.15, 0.2) is 28.8 Å². The van der Waals surface area contributed by atoms with E-state index in [0.717, 1.165) is 0 Å². The molecule has 2 aromatic rings. The molecule has 0 saturated carbocycles. The number of hydrogen-bond donors (Lipinski definition) is 1. The van der Waals surface area contributed by atoms with Gasteiger partial charge in [-0.2, -0.15) is 5.26 Å². The number of benzene rings is 1. The number of rotatable bonds is 3. The number of carbonyl (C=O) groups is 1. The fourth-order valence-corrected chi connectivity index (χ4v) is 2.87. The van der Waals surface area contributed by atoms with Gasteiger partial charge in [0.05, 0.1) is 17.3 Å². The fraction of sp³-hybridized carbons (Fsp3) is 0.353. The van der Waals surface area contributed by atoms with Gasteiger partial charge < -0.3 is 14.7 Å². The highest BCUT2D eigenvalue weighted by molar-refractivity contribution is 5.91. The summed E-state index contributed by atoms with van der Waals surface area (Å²) in [5.41, 5.74) is 0.772. The minimum Gasteiger partial charge on any atom is -0.369 e. The summed E-state index contributed by atoms with van der Waals surface area (Å²) in [6, 6.07) is 8.04. The molecule has 0 unspecified atom stereocenters. The van der Waals surface area contributed by atoms with Gasteiger partial charge in [-0.3, -0.25) is 4.79 Å². The van der Waals surface area contributed by atoms with Crippen LogP contribution in [0.3, 0.4) is 0 Å². The van der Waals surface area contributed by atoms with Gasteiger partial charge in [0.15, 0.2) is 5.82 Å². The first kappa shape index (κ1) is 16.0. The Hall–Kier alpha value is -2.88. The molecule has 0 radical (unpaired) electrons. The molecule has 1 N–H and O–H groups in total. The summed E-state index contributed by atoms with van der Waals surface area (Å²) >= 11 is 0. The van der Waals surface area contributed by atoms with Crippen LogP contribution in [-0.2, 0) is 4.79 Å². The molecule has 1 saturated heterocycles. The topological polar surface area (TPSA) is 82.2 Å². The fourth-order valence-electron chi connectivity index (χ4n) is 2.87. The third-order valence-corrected chi connectivity index (χ3v) is 4.16. The molecule has 0 spiro atoms. The lowest BCUT2D eigenvalue weighted by Gasteiger charge is -2.33. The molecule has 6 nitrogen and oxygen atoms in total. The summed E-state index contributed by atoms with van der Waals surface area (Å²) in [6.07, 6.45) is 1.25. The van der Waals surface area contributed by atoms with Crippen LogP contribution in [0.5, 0.6) is 0 Å². The van der Waals surface area contributed by atoms with Crippen LogP contribution in [0.4, 0.5) is 15.9 Å². The average molecular weight is 328 g/mol. The monoisotopic (exact) mass is 328 g/mol. The van der Waals surface area contributed by atoms with E-state index >= 15 is 0 Å². The number of nitrogens with one attached hydrogen (secondary N) is 1. The molecule has 0 atom stereocenters. The van der Waals surface area contributed by atoms with Crippen molar-refractivity contribution in [3.8, 4) is 6.07 Å².